The summed E-state index contributed by atoms with van der Waals surface area (Å²) in [7, 11) is 0. The van der Waals surface area contributed by atoms with Gasteiger partial charge in [-0.1, -0.05) is 35.9 Å². The molecule has 27 heavy (non-hydrogen) atoms. The summed E-state index contributed by atoms with van der Waals surface area (Å²) in [5, 5.41) is 6.05. The van der Waals surface area contributed by atoms with Gasteiger partial charge >= 0.3 is 0 Å². The molecule has 2 amide bonds. The number of pyridine rings is 1. The number of carbonyl (C=O) groups excluding carboxylic acids is 2. The fourth-order valence-corrected chi connectivity index (χ4v) is 3.21. The first-order chi connectivity index (χ1) is 12.8. The van der Waals surface area contributed by atoms with Crippen LogP contribution in [-0.4, -0.2) is 23.3 Å². The van der Waals surface area contributed by atoms with Gasteiger partial charge in [0.15, 0.2) is 0 Å². The van der Waals surface area contributed by atoms with Crippen LogP contribution in [0.1, 0.15) is 27.0 Å². The van der Waals surface area contributed by atoms with E-state index in [1.54, 1.807) is 24.3 Å². The Balaban J connectivity index is 1.73. The maximum Gasteiger partial charge on any atom is 0.252 e. The second-order valence-electron chi connectivity index (χ2n) is 6.60. The Bertz CT molecular complexity index is 1080. The Hall–Kier alpha value is -3.41. The average Bonchev–Trinajstić information content (AvgIpc) is 2.62. The van der Waals surface area contributed by atoms with E-state index in [1.165, 1.54) is 6.07 Å². The number of benzene rings is 2. The second-order valence-corrected chi connectivity index (χ2v) is 6.60. The number of nitrogens with one attached hydrogen (secondary N) is 3. The van der Waals surface area contributed by atoms with Crippen LogP contribution in [0.15, 0.2) is 47.3 Å². The Kier molecular flexibility index (Phi) is 5.07. The number of para-hydroxylation sites is 1. The highest BCUT2D eigenvalue weighted by Crippen LogP contribution is 2.21. The van der Waals surface area contributed by atoms with Crippen molar-refractivity contribution in [1.82, 2.24) is 10.3 Å². The number of aromatic nitrogens is 1. The third kappa shape index (κ3) is 4.06. The van der Waals surface area contributed by atoms with Crippen LogP contribution in [0.2, 0.25) is 0 Å². The lowest BCUT2D eigenvalue weighted by atomic mass is 10.1. The summed E-state index contributed by atoms with van der Waals surface area (Å²) in [4.78, 5) is 39.2. The van der Waals surface area contributed by atoms with E-state index in [0.29, 0.717) is 10.9 Å². The number of hydrogen-bond donors (Lipinski definition) is 3. The molecular weight excluding hydrogens is 342 g/mol. The molecule has 0 radical (unpaired) electrons. The zero-order valence-corrected chi connectivity index (χ0v) is 15.5. The van der Waals surface area contributed by atoms with E-state index < -0.39 is 5.91 Å². The molecule has 0 unspecified atom stereocenters. The number of fused-ring (bicyclic) bond motifs is 1. The van der Waals surface area contributed by atoms with E-state index in [9.17, 15) is 14.4 Å². The highest BCUT2D eigenvalue weighted by Gasteiger charge is 2.14. The fraction of sp³-hybridized carbons (Fsp3) is 0.190. The fourth-order valence-electron chi connectivity index (χ4n) is 3.21. The van der Waals surface area contributed by atoms with Crippen molar-refractivity contribution >= 4 is 28.4 Å². The van der Waals surface area contributed by atoms with Gasteiger partial charge in [0, 0.05) is 22.7 Å². The summed E-state index contributed by atoms with van der Waals surface area (Å²) in [5.74, 6) is -0.794. The summed E-state index contributed by atoms with van der Waals surface area (Å²) in [5.41, 5.74) is 4.25. The standard InChI is InChI=1S/C21H21N3O3/c1-12-8-13(2)20(14(3)9-12)24-19(26)11-22-21(27)16-10-18(25)23-17-7-5-4-6-15(16)17/h4-10H,11H2,1-3H3,(H,22,27)(H,23,25)(H,24,26). The molecule has 1 aromatic heterocycles. The van der Waals surface area contributed by atoms with Gasteiger partial charge in [0.25, 0.3) is 5.91 Å². The molecule has 138 valence electrons. The Morgan fingerprint density at radius 3 is 2.37 bits per heavy atom. The molecule has 0 spiro atoms. The van der Waals surface area contributed by atoms with Gasteiger partial charge in [0.1, 0.15) is 0 Å². The quantitative estimate of drug-likeness (QED) is 0.666. The maximum atomic E-state index is 12.5. The molecule has 3 aromatic rings. The Morgan fingerprint density at radius 1 is 1.00 bits per heavy atom. The Morgan fingerprint density at radius 2 is 1.67 bits per heavy atom. The summed E-state index contributed by atoms with van der Waals surface area (Å²) >= 11 is 0. The third-order valence-electron chi connectivity index (χ3n) is 4.35. The summed E-state index contributed by atoms with van der Waals surface area (Å²) in [6, 6.07) is 12.3. The minimum absolute atomic E-state index is 0.188. The molecule has 0 saturated carbocycles. The van der Waals surface area contributed by atoms with Crippen LogP contribution in [0, 0.1) is 20.8 Å². The van der Waals surface area contributed by atoms with Crippen molar-refractivity contribution < 1.29 is 9.59 Å². The SMILES string of the molecule is Cc1cc(C)c(NC(=O)CNC(=O)c2cc(=O)[nH]c3ccccc23)c(C)c1. The van der Waals surface area contributed by atoms with E-state index in [-0.39, 0.29) is 23.6 Å². The number of aromatic amines is 1. The molecule has 1 heterocycles. The predicted octanol–water partition coefficient (Wildman–Crippen LogP) is 2.82. The zero-order chi connectivity index (χ0) is 19.6. The molecule has 0 fully saturated rings. The van der Waals surface area contributed by atoms with Crippen molar-refractivity contribution in [2.45, 2.75) is 20.8 Å². The van der Waals surface area contributed by atoms with E-state index in [4.69, 9.17) is 0 Å². The minimum Gasteiger partial charge on any atom is -0.343 e. The smallest absolute Gasteiger partial charge is 0.252 e. The molecular formula is C21H21N3O3. The molecule has 3 N–H and O–H groups in total. The van der Waals surface area contributed by atoms with Crippen LogP contribution >= 0.6 is 0 Å². The number of H-pyrrole nitrogens is 1. The van der Waals surface area contributed by atoms with E-state index in [1.807, 2.05) is 32.9 Å². The highest BCUT2D eigenvalue weighted by molar-refractivity contribution is 6.07. The molecule has 3 rings (SSSR count). The predicted molar refractivity (Wildman–Crippen MR) is 106 cm³/mol. The van der Waals surface area contributed by atoms with Crippen LogP contribution in [0.5, 0.6) is 0 Å². The first-order valence-electron chi connectivity index (χ1n) is 8.63. The minimum atomic E-state index is -0.468. The summed E-state index contributed by atoms with van der Waals surface area (Å²) in [6.07, 6.45) is 0. The van der Waals surface area contributed by atoms with Crippen molar-refractivity contribution in [2.24, 2.45) is 0 Å². The van der Waals surface area contributed by atoms with Gasteiger partial charge in [-0.15, -0.1) is 0 Å². The van der Waals surface area contributed by atoms with E-state index >= 15 is 0 Å². The Labute approximate surface area is 156 Å². The van der Waals surface area contributed by atoms with Gasteiger partial charge in [-0.05, 0) is 38.0 Å². The molecule has 2 aromatic carbocycles. The molecule has 0 atom stereocenters. The van der Waals surface area contributed by atoms with E-state index in [0.717, 1.165) is 22.4 Å². The van der Waals surface area contributed by atoms with Gasteiger partial charge in [-0.2, -0.15) is 0 Å². The third-order valence-corrected chi connectivity index (χ3v) is 4.35. The number of rotatable bonds is 4. The average molecular weight is 363 g/mol. The van der Waals surface area contributed by atoms with Crippen molar-refractivity contribution in [1.29, 1.82) is 0 Å². The molecule has 0 aliphatic heterocycles. The highest BCUT2D eigenvalue weighted by atomic mass is 16.2. The van der Waals surface area contributed by atoms with Crippen molar-refractivity contribution in [3.8, 4) is 0 Å². The largest absolute Gasteiger partial charge is 0.343 e. The van der Waals surface area contributed by atoms with Crippen LogP contribution in [-0.2, 0) is 4.79 Å². The first kappa shape index (κ1) is 18.4. The monoisotopic (exact) mass is 363 g/mol. The molecule has 0 saturated heterocycles. The zero-order valence-electron chi connectivity index (χ0n) is 15.5. The van der Waals surface area contributed by atoms with Gasteiger partial charge in [0.05, 0.1) is 12.1 Å². The number of aryl methyl sites for hydroxylation is 3. The molecule has 6 heteroatoms. The molecule has 0 aliphatic rings. The van der Waals surface area contributed by atoms with Crippen molar-refractivity contribution in [2.75, 3.05) is 11.9 Å². The van der Waals surface area contributed by atoms with Gasteiger partial charge in [0.2, 0.25) is 11.5 Å². The van der Waals surface area contributed by atoms with Crippen molar-refractivity contribution in [3.05, 3.63) is 75.1 Å². The number of hydrogen-bond acceptors (Lipinski definition) is 3. The lowest BCUT2D eigenvalue weighted by molar-refractivity contribution is -0.115. The lowest BCUT2D eigenvalue weighted by Crippen LogP contribution is -2.33. The van der Waals surface area contributed by atoms with Crippen LogP contribution < -0.4 is 16.2 Å². The first-order valence-corrected chi connectivity index (χ1v) is 8.63. The summed E-state index contributed by atoms with van der Waals surface area (Å²) < 4.78 is 0. The van der Waals surface area contributed by atoms with Crippen LogP contribution in [0.25, 0.3) is 10.9 Å². The normalized spacial score (nSPS) is 10.6. The van der Waals surface area contributed by atoms with Gasteiger partial charge < -0.3 is 15.6 Å². The molecule has 6 nitrogen and oxygen atoms in total. The molecule has 0 bridgehead atoms. The maximum absolute atomic E-state index is 12.5. The van der Waals surface area contributed by atoms with Crippen molar-refractivity contribution in [3.63, 3.8) is 0 Å². The molecule has 0 aliphatic carbocycles. The van der Waals surface area contributed by atoms with Gasteiger partial charge in [-0.25, -0.2) is 0 Å². The van der Waals surface area contributed by atoms with E-state index in [2.05, 4.69) is 15.6 Å². The van der Waals surface area contributed by atoms with Crippen LogP contribution in [0.4, 0.5) is 5.69 Å². The lowest BCUT2D eigenvalue weighted by Gasteiger charge is -2.13. The number of amides is 2. The number of carbonyl (C=O) groups is 2. The van der Waals surface area contributed by atoms with Gasteiger partial charge in [-0.3, -0.25) is 14.4 Å². The second kappa shape index (κ2) is 7.45. The van der Waals surface area contributed by atoms with Crippen LogP contribution in [0.3, 0.4) is 0 Å². The topological polar surface area (TPSA) is 91.1 Å². The summed E-state index contributed by atoms with van der Waals surface area (Å²) in [6.45, 7) is 5.66. The number of anilines is 1.